The summed E-state index contributed by atoms with van der Waals surface area (Å²) in [6.07, 6.45) is 0.585. The van der Waals surface area contributed by atoms with Crippen LogP contribution in [0.3, 0.4) is 0 Å². The van der Waals surface area contributed by atoms with E-state index in [9.17, 15) is 8.42 Å². The molecule has 0 unspecified atom stereocenters. The Kier molecular flexibility index (Phi) is 7.86. The average molecular weight is 328 g/mol. The Morgan fingerprint density at radius 2 is 2.09 bits per heavy atom. The molecule has 1 aromatic carbocycles. The molecule has 0 aromatic heterocycles. The van der Waals surface area contributed by atoms with Crippen LogP contribution in [0, 0.1) is 0 Å². The molecular formula is C14H24N4O3S. The quantitative estimate of drug-likeness (QED) is 0.355. The number of benzene rings is 1. The molecule has 0 fully saturated rings. The van der Waals surface area contributed by atoms with Crippen molar-refractivity contribution in [3.63, 3.8) is 0 Å². The molecule has 0 atom stereocenters. The van der Waals surface area contributed by atoms with E-state index in [2.05, 4.69) is 15.0 Å². The molecule has 1 rings (SSSR count). The molecule has 0 spiro atoms. The number of guanidine groups is 1. The third-order valence-corrected chi connectivity index (χ3v) is 4.30. The normalized spacial score (nSPS) is 12.4. The molecule has 124 valence electrons. The van der Waals surface area contributed by atoms with Gasteiger partial charge >= 0.3 is 0 Å². The van der Waals surface area contributed by atoms with Crippen LogP contribution in [-0.4, -0.2) is 40.3 Å². The second-order valence-electron chi connectivity index (χ2n) is 4.63. The molecular weight excluding hydrogens is 304 g/mol. The van der Waals surface area contributed by atoms with Crippen molar-refractivity contribution in [1.29, 1.82) is 0 Å². The summed E-state index contributed by atoms with van der Waals surface area (Å²) in [7, 11) is -1.51. The number of ether oxygens (including phenoxy) is 1. The van der Waals surface area contributed by atoms with Gasteiger partial charge < -0.3 is 15.8 Å². The largest absolute Gasteiger partial charge is 0.380 e. The fraction of sp³-hybridized carbons (Fsp3) is 0.500. The van der Waals surface area contributed by atoms with Crippen LogP contribution < -0.4 is 15.8 Å². The van der Waals surface area contributed by atoms with E-state index in [4.69, 9.17) is 10.5 Å². The Morgan fingerprint density at radius 3 is 2.77 bits per heavy atom. The standard InChI is InChI=1S/C14H24N4O3S/c1-3-22(19,20)17-10-6-9-16-14(15)18-13-8-5-4-7-12(13)11-21-2/h4-5,7-8,17H,3,6,9-11H2,1-2H3,(H3,15,16,18). The number of nitrogens with one attached hydrogen (secondary N) is 2. The lowest BCUT2D eigenvalue weighted by molar-refractivity contribution is 0.185. The van der Waals surface area contributed by atoms with Gasteiger partial charge in [0.1, 0.15) is 0 Å². The number of para-hydroxylation sites is 1. The van der Waals surface area contributed by atoms with Crippen LogP contribution in [-0.2, 0) is 21.4 Å². The van der Waals surface area contributed by atoms with Gasteiger partial charge in [0.05, 0.1) is 12.4 Å². The number of sulfonamides is 1. The Labute approximate surface area is 132 Å². The van der Waals surface area contributed by atoms with Gasteiger partial charge in [0.25, 0.3) is 0 Å². The van der Waals surface area contributed by atoms with Crippen LogP contribution in [0.5, 0.6) is 0 Å². The van der Waals surface area contributed by atoms with Crippen molar-refractivity contribution in [2.45, 2.75) is 20.0 Å². The topological polar surface area (TPSA) is 106 Å². The second-order valence-corrected chi connectivity index (χ2v) is 6.73. The van der Waals surface area contributed by atoms with Crippen molar-refractivity contribution in [2.75, 3.05) is 31.3 Å². The molecule has 0 heterocycles. The fourth-order valence-electron chi connectivity index (χ4n) is 1.71. The van der Waals surface area contributed by atoms with Crippen LogP contribution in [0.4, 0.5) is 5.69 Å². The predicted molar refractivity (Wildman–Crippen MR) is 89.3 cm³/mol. The summed E-state index contributed by atoms with van der Waals surface area (Å²) in [6.45, 7) is 2.87. The third kappa shape index (κ3) is 6.88. The lowest BCUT2D eigenvalue weighted by Crippen LogP contribution is -2.27. The first-order chi connectivity index (χ1) is 10.5. The van der Waals surface area contributed by atoms with Crippen LogP contribution in [0.2, 0.25) is 0 Å². The van der Waals surface area contributed by atoms with Crippen molar-refractivity contribution >= 4 is 21.7 Å². The van der Waals surface area contributed by atoms with E-state index in [0.29, 0.717) is 32.1 Å². The highest BCUT2D eigenvalue weighted by molar-refractivity contribution is 7.89. The number of nitrogens with zero attached hydrogens (tertiary/aromatic N) is 1. The third-order valence-electron chi connectivity index (χ3n) is 2.90. The maximum absolute atomic E-state index is 11.2. The zero-order valence-corrected chi connectivity index (χ0v) is 13.8. The van der Waals surface area contributed by atoms with Gasteiger partial charge in [0, 0.05) is 31.5 Å². The Bertz CT molecular complexity index is 588. The van der Waals surface area contributed by atoms with E-state index in [1.165, 1.54) is 0 Å². The Balaban J connectivity index is 2.43. The zero-order valence-electron chi connectivity index (χ0n) is 13.0. The maximum atomic E-state index is 11.2. The van der Waals surface area contributed by atoms with E-state index >= 15 is 0 Å². The van der Waals surface area contributed by atoms with E-state index < -0.39 is 10.0 Å². The van der Waals surface area contributed by atoms with Gasteiger partial charge in [-0.15, -0.1) is 0 Å². The summed E-state index contributed by atoms with van der Waals surface area (Å²) in [5.41, 5.74) is 7.65. The number of anilines is 1. The lowest BCUT2D eigenvalue weighted by Gasteiger charge is -2.10. The lowest BCUT2D eigenvalue weighted by atomic mass is 10.2. The van der Waals surface area contributed by atoms with E-state index in [-0.39, 0.29) is 5.75 Å². The van der Waals surface area contributed by atoms with Gasteiger partial charge in [-0.3, -0.25) is 4.99 Å². The van der Waals surface area contributed by atoms with Crippen LogP contribution in [0.1, 0.15) is 18.9 Å². The fourth-order valence-corrected chi connectivity index (χ4v) is 2.37. The minimum atomic E-state index is -3.14. The first-order valence-electron chi connectivity index (χ1n) is 7.09. The number of aliphatic imine (C=N–C) groups is 1. The predicted octanol–water partition coefficient (Wildman–Crippen LogP) is 0.889. The minimum absolute atomic E-state index is 0.0796. The highest BCUT2D eigenvalue weighted by Crippen LogP contribution is 2.15. The summed E-state index contributed by atoms with van der Waals surface area (Å²) in [6, 6.07) is 7.66. The van der Waals surface area contributed by atoms with Crippen molar-refractivity contribution in [1.82, 2.24) is 4.72 Å². The van der Waals surface area contributed by atoms with Gasteiger partial charge in [0.15, 0.2) is 5.96 Å². The van der Waals surface area contributed by atoms with Gasteiger partial charge in [-0.05, 0) is 19.4 Å². The first-order valence-corrected chi connectivity index (χ1v) is 8.75. The van der Waals surface area contributed by atoms with E-state index in [1.807, 2.05) is 24.3 Å². The molecule has 1 aromatic rings. The summed E-state index contributed by atoms with van der Waals surface area (Å²) in [5, 5.41) is 3.02. The van der Waals surface area contributed by atoms with Crippen LogP contribution in [0.25, 0.3) is 0 Å². The number of hydrogen-bond donors (Lipinski definition) is 3. The number of rotatable bonds is 9. The molecule has 0 aliphatic carbocycles. The molecule has 0 bridgehead atoms. The van der Waals surface area contributed by atoms with E-state index in [1.54, 1.807) is 14.0 Å². The maximum Gasteiger partial charge on any atom is 0.211 e. The zero-order chi connectivity index (χ0) is 16.4. The molecule has 0 saturated heterocycles. The Hall–Kier alpha value is -1.64. The molecule has 7 nitrogen and oxygen atoms in total. The molecule has 22 heavy (non-hydrogen) atoms. The summed E-state index contributed by atoms with van der Waals surface area (Å²) >= 11 is 0. The first kappa shape index (κ1) is 18.4. The molecule has 0 aliphatic heterocycles. The van der Waals surface area contributed by atoms with Crippen molar-refractivity contribution < 1.29 is 13.2 Å². The van der Waals surface area contributed by atoms with E-state index in [0.717, 1.165) is 11.3 Å². The SMILES string of the molecule is CCS(=O)(=O)NCCCN=C(N)Nc1ccccc1COC. The summed E-state index contributed by atoms with van der Waals surface area (Å²) in [4.78, 5) is 4.17. The Morgan fingerprint density at radius 1 is 1.36 bits per heavy atom. The minimum Gasteiger partial charge on any atom is -0.380 e. The number of methoxy groups -OCH3 is 1. The van der Waals surface area contributed by atoms with Crippen LogP contribution >= 0.6 is 0 Å². The summed E-state index contributed by atoms with van der Waals surface area (Å²) < 4.78 is 30.1. The van der Waals surface area contributed by atoms with Crippen LogP contribution in [0.15, 0.2) is 29.3 Å². The van der Waals surface area contributed by atoms with Gasteiger partial charge in [-0.2, -0.15) is 0 Å². The monoisotopic (exact) mass is 328 g/mol. The number of nitrogens with two attached hydrogens (primary N) is 1. The molecule has 0 radical (unpaired) electrons. The second kappa shape index (κ2) is 9.39. The van der Waals surface area contributed by atoms with Gasteiger partial charge in [-0.25, -0.2) is 13.1 Å². The van der Waals surface area contributed by atoms with Gasteiger partial charge in [-0.1, -0.05) is 18.2 Å². The van der Waals surface area contributed by atoms with Crippen molar-refractivity contribution in [2.24, 2.45) is 10.7 Å². The molecule has 0 amide bonds. The number of hydrogen-bond acceptors (Lipinski definition) is 4. The highest BCUT2D eigenvalue weighted by atomic mass is 32.2. The smallest absolute Gasteiger partial charge is 0.211 e. The van der Waals surface area contributed by atoms with Gasteiger partial charge in [0.2, 0.25) is 10.0 Å². The molecule has 8 heteroatoms. The van der Waals surface area contributed by atoms with Crippen molar-refractivity contribution in [3.05, 3.63) is 29.8 Å². The molecule has 0 aliphatic rings. The molecule has 4 N–H and O–H groups in total. The molecule has 0 saturated carbocycles. The summed E-state index contributed by atoms with van der Waals surface area (Å²) in [5.74, 6) is 0.373. The highest BCUT2D eigenvalue weighted by Gasteiger charge is 2.04. The average Bonchev–Trinajstić information content (AvgIpc) is 2.49. The van der Waals surface area contributed by atoms with Crippen molar-refractivity contribution in [3.8, 4) is 0 Å².